The molecule has 0 atom stereocenters. The summed E-state index contributed by atoms with van der Waals surface area (Å²) < 4.78 is 0. The van der Waals surface area contributed by atoms with Gasteiger partial charge in [-0.1, -0.05) is 35.1 Å². The van der Waals surface area contributed by atoms with Crippen molar-refractivity contribution in [3.05, 3.63) is 39.7 Å². The van der Waals surface area contributed by atoms with Gasteiger partial charge in [0.1, 0.15) is 10.7 Å². The van der Waals surface area contributed by atoms with Gasteiger partial charge in [-0.2, -0.15) is 0 Å². The molecule has 7 heteroatoms. The summed E-state index contributed by atoms with van der Waals surface area (Å²) in [6, 6.07) is 7.30. The summed E-state index contributed by atoms with van der Waals surface area (Å²) in [6.07, 6.45) is 0. The molecule has 0 fully saturated rings. The molecule has 0 aliphatic rings. The largest absolute Gasteiger partial charge is 0.382 e. The predicted molar refractivity (Wildman–Crippen MR) is 83.5 cm³/mol. The molecule has 0 aliphatic heterocycles. The summed E-state index contributed by atoms with van der Waals surface area (Å²) in [5.74, 6) is 0.0374. The number of thiazole rings is 1. The lowest BCUT2D eigenvalue weighted by molar-refractivity contribution is 0.0955. The van der Waals surface area contributed by atoms with Crippen molar-refractivity contribution in [3.8, 4) is 0 Å². The van der Waals surface area contributed by atoms with Gasteiger partial charge in [0, 0.05) is 25.7 Å². The Morgan fingerprint density at radius 3 is 2.60 bits per heavy atom. The molecule has 0 radical (unpaired) electrons. The second kappa shape index (κ2) is 6.11. The van der Waals surface area contributed by atoms with Gasteiger partial charge in [0.05, 0.1) is 0 Å². The highest BCUT2D eigenvalue weighted by atomic mass is 35.5. The number of carbonyl (C=O) groups is 1. The first-order chi connectivity index (χ1) is 9.47. The molecule has 1 aromatic carbocycles. The van der Waals surface area contributed by atoms with E-state index in [-0.39, 0.29) is 11.7 Å². The van der Waals surface area contributed by atoms with E-state index in [9.17, 15) is 4.79 Å². The van der Waals surface area contributed by atoms with Crippen LogP contribution < -0.4 is 16.0 Å². The zero-order chi connectivity index (χ0) is 14.7. The van der Waals surface area contributed by atoms with Gasteiger partial charge in [-0.15, -0.1) is 0 Å². The van der Waals surface area contributed by atoms with E-state index in [1.807, 2.05) is 31.1 Å². The van der Waals surface area contributed by atoms with Gasteiger partial charge in [-0.3, -0.25) is 4.79 Å². The molecule has 0 saturated carbocycles. The van der Waals surface area contributed by atoms with E-state index in [0.717, 1.165) is 5.56 Å². The molecule has 0 unspecified atom stereocenters. The highest BCUT2D eigenvalue weighted by Gasteiger charge is 2.16. The fourth-order valence-electron chi connectivity index (χ4n) is 1.54. The van der Waals surface area contributed by atoms with Crippen LogP contribution in [0.5, 0.6) is 0 Å². The molecule has 20 heavy (non-hydrogen) atoms. The summed E-state index contributed by atoms with van der Waals surface area (Å²) in [5, 5.41) is 4.19. The van der Waals surface area contributed by atoms with Crippen molar-refractivity contribution in [2.75, 3.05) is 24.7 Å². The summed E-state index contributed by atoms with van der Waals surface area (Å²) in [7, 11) is 3.71. The van der Waals surface area contributed by atoms with E-state index >= 15 is 0 Å². The fourth-order valence-corrected chi connectivity index (χ4v) is 2.49. The Balaban J connectivity index is 2.03. The number of amides is 1. The Kier molecular flexibility index (Phi) is 4.46. The van der Waals surface area contributed by atoms with Gasteiger partial charge in [-0.05, 0) is 17.7 Å². The zero-order valence-corrected chi connectivity index (χ0v) is 12.8. The molecule has 1 heterocycles. The van der Waals surface area contributed by atoms with E-state index in [2.05, 4.69) is 10.3 Å². The van der Waals surface area contributed by atoms with Crippen LogP contribution in [0.1, 0.15) is 15.2 Å². The van der Waals surface area contributed by atoms with E-state index in [1.54, 1.807) is 12.1 Å². The maximum absolute atomic E-state index is 12.1. The Hall–Kier alpha value is -1.79. The third-order valence-electron chi connectivity index (χ3n) is 2.60. The van der Waals surface area contributed by atoms with Gasteiger partial charge in [-0.25, -0.2) is 4.98 Å². The number of hydrogen-bond donors (Lipinski definition) is 2. The van der Waals surface area contributed by atoms with Crippen LogP contribution in [0.2, 0.25) is 5.02 Å². The molecule has 3 N–H and O–H groups in total. The average Bonchev–Trinajstić information content (AvgIpc) is 2.80. The lowest BCUT2D eigenvalue weighted by Crippen LogP contribution is -2.22. The molecule has 1 amide bonds. The monoisotopic (exact) mass is 310 g/mol. The molecule has 0 spiro atoms. The Morgan fingerprint density at radius 2 is 2.05 bits per heavy atom. The number of halogens is 1. The van der Waals surface area contributed by atoms with Crippen molar-refractivity contribution < 1.29 is 4.79 Å². The number of benzene rings is 1. The normalized spacial score (nSPS) is 10.3. The van der Waals surface area contributed by atoms with Gasteiger partial charge < -0.3 is 16.0 Å². The van der Waals surface area contributed by atoms with Crippen molar-refractivity contribution in [3.63, 3.8) is 0 Å². The van der Waals surface area contributed by atoms with Crippen LogP contribution in [0.15, 0.2) is 24.3 Å². The molecule has 0 bridgehead atoms. The molecule has 5 nitrogen and oxygen atoms in total. The first-order valence-corrected chi connectivity index (χ1v) is 7.13. The minimum absolute atomic E-state index is 0.219. The summed E-state index contributed by atoms with van der Waals surface area (Å²) in [6.45, 7) is 0.421. The third-order valence-corrected chi connectivity index (χ3v) is 4.09. The van der Waals surface area contributed by atoms with Crippen molar-refractivity contribution in [1.29, 1.82) is 0 Å². The quantitative estimate of drug-likeness (QED) is 0.909. The predicted octanol–water partition coefficient (Wildman–Crippen LogP) is 2.37. The van der Waals surface area contributed by atoms with Crippen molar-refractivity contribution in [2.45, 2.75) is 6.54 Å². The molecular weight excluding hydrogens is 296 g/mol. The summed E-state index contributed by atoms with van der Waals surface area (Å²) in [5.41, 5.74) is 6.73. The number of hydrogen-bond acceptors (Lipinski definition) is 5. The number of anilines is 2. The Labute approximate surface area is 126 Å². The van der Waals surface area contributed by atoms with Gasteiger partial charge in [0.2, 0.25) is 0 Å². The smallest absolute Gasteiger partial charge is 0.265 e. The molecule has 0 saturated heterocycles. The number of nitrogens with two attached hydrogens (primary N) is 1. The number of nitrogens with zero attached hydrogens (tertiary/aromatic N) is 2. The second-order valence-electron chi connectivity index (χ2n) is 4.41. The van der Waals surface area contributed by atoms with E-state index in [1.165, 1.54) is 11.3 Å². The van der Waals surface area contributed by atoms with Crippen LogP contribution in [-0.4, -0.2) is 25.0 Å². The highest BCUT2D eigenvalue weighted by molar-refractivity contribution is 7.18. The molecule has 2 rings (SSSR count). The highest BCUT2D eigenvalue weighted by Crippen LogP contribution is 2.26. The SMILES string of the molecule is CN(C)c1nc(N)c(C(=O)NCc2ccc(Cl)cc2)s1. The number of aromatic nitrogens is 1. The van der Waals surface area contributed by atoms with Crippen molar-refractivity contribution in [2.24, 2.45) is 0 Å². The van der Waals surface area contributed by atoms with E-state index in [4.69, 9.17) is 17.3 Å². The Morgan fingerprint density at radius 1 is 1.40 bits per heavy atom. The minimum atomic E-state index is -0.219. The van der Waals surface area contributed by atoms with E-state index in [0.29, 0.717) is 21.6 Å². The minimum Gasteiger partial charge on any atom is -0.382 e. The van der Waals surface area contributed by atoms with Crippen LogP contribution in [0.25, 0.3) is 0 Å². The summed E-state index contributed by atoms with van der Waals surface area (Å²) in [4.78, 5) is 18.5. The van der Waals surface area contributed by atoms with Gasteiger partial charge >= 0.3 is 0 Å². The number of rotatable bonds is 4. The standard InChI is InChI=1S/C13H15ClN4OS/c1-18(2)13-17-11(15)10(20-13)12(19)16-7-8-3-5-9(14)6-4-8/h3-6H,7,15H2,1-2H3,(H,16,19). The van der Waals surface area contributed by atoms with Crippen LogP contribution in [-0.2, 0) is 6.54 Å². The lowest BCUT2D eigenvalue weighted by atomic mass is 10.2. The van der Waals surface area contributed by atoms with Gasteiger partial charge in [0.15, 0.2) is 5.13 Å². The number of carbonyl (C=O) groups excluding carboxylic acids is 1. The second-order valence-corrected chi connectivity index (χ2v) is 5.83. The molecular formula is C13H15ClN4OS. The average molecular weight is 311 g/mol. The topological polar surface area (TPSA) is 71.2 Å². The van der Waals surface area contributed by atoms with Crippen molar-refractivity contribution >= 4 is 39.8 Å². The van der Waals surface area contributed by atoms with Crippen LogP contribution in [0.3, 0.4) is 0 Å². The molecule has 106 valence electrons. The number of nitrogen functional groups attached to an aromatic ring is 1. The lowest BCUT2D eigenvalue weighted by Gasteiger charge is -2.05. The van der Waals surface area contributed by atoms with E-state index < -0.39 is 0 Å². The first-order valence-electron chi connectivity index (χ1n) is 5.93. The third kappa shape index (κ3) is 3.40. The van der Waals surface area contributed by atoms with Gasteiger partial charge in [0.25, 0.3) is 5.91 Å². The zero-order valence-electron chi connectivity index (χ0n) is 11.2. The fraction of sp³-hybridized carbons (Fsp3) is 0.231. The summed E-state index contributed by atoms with van der Waals surface area (Å²) >= 11 is 7.08. The molecule has 0 aliphatic carbocycles. The first kappa shape index (κ1) is 14.6. The van der Waals surface area contributed by atoms with Crippen LogP contribution >= 0.6 is 22.9 Å². The van der Waals surface area contributed by atoms with Crippen molar-refractivity contribution in [1.82, 2.24) is 10.3 Å². The Bertz CT molecular complexity index is 609. The van der Waals surface area contributed by atoms with Crippen LogP contribution in [0, 0.1) is 0 Å². The van der Waals surface area contributed by atoms with Crippen LogP contribution in [0.4, 0.5) is 10.9 Å². The maximum atomic E-state index is 12.1. The maximum Gasteiger partial charge on any atom is 0.265 e. The molecule has 2 aromatic rings. The number of nitrogens with one attached hydrogen (secondary N) is 1. The molecule has 1 aromatic heterocycles.